The minimum atomic E-state index is 1.04. The van der Waals surface area contributed by atoms with Crippen molar-refractivity contribution in [3.8, 4) is 0 Å². The van der Waals surface area contributed by atoms with E-state index in [1.54, 1.807) is 0 Å². The van der Waals surface area contributed by atoms with Gasteiger partial charge in [0.25, 0.3) is 0 Å². The number of benzene rings is 4. The molecule has 0 saturated heterocycles. The van der Waals surface area contributed by atoms with Crippen LogP contribution < -0.4 is 5.32 Å². The molecule has 164 valence electrons. The van der Waals surface area contributed by atoms with Crippen LogP contribution in [0.2, 0.25) is 0 Å². The molecule has 0 aromatic heterocycles. The lowest BCUT2D eigenvalue weighted by molar-refractivity contribution is 0.960. The van der Waals surface area contributed by atoms with Gasteiger partial charge >= 0.3 is 0 Å². The zero-order valence-corrected chi connectivity index (χ0v) is 19.1. The van der Waals surface area contributed by atoms with E-state index in [-0.39, 0.29) is 0 Å². The zero-order valence-electron chi connectivity index (χ0n) is 19.1. The molecule has 0 spiro atoms. The van der Waals surface area contributed by atoms with Crippen molar-refractivity contribution in [2.24, 2.45) is 0 Å². The molecule has 0 unspecified atom stereocenters. The molecule has 4 aromatic carbocycles. The predicted molar refractivity (Wildman–Crippen MR) is 144 cm³/mol. The highest BCUT2D eigenvalue weighted by molar-refractivity contribution is 5.60. The molecule has 1 N–H and O–H groups in total. The van der Waals surface area contributed by atoms with Crippen molar-refractivity contribution in [2.45, 2.75) is 25.7 Å². The fraction of sp³-hybridized carbons (Fsp3) is 0.125. The van der Waals surface area contributed by atoms with Gasteiger partial charge in [0.1, 0.15) is 0 Å². The van der Waals surface area contributed by atoms with Crippen molar-refractivity contribution in [1.29, 1.82) is 0 Å². The molecule has 0 bridgehead atoms. The number of hydrogen-bond donors (Lipinski definition) is 1. The standard InChI is InChI=1S/C32H31N/c1-3-25-5-9-27(10-6-25)13-15-29-17-21-31(22-18-29)33-32-23-19-30(20-24-32)16-14-28-11-7-26(4-2)8-12-28/h3-12,17-24,33H,1-2,13-16H2. The van der Waals surface area contributed by atoms with Crippen molar-refractivity contribution in [3.05, 3.63) is 144 Å². The lowest BCUT2D eigenvalue weighted by Crippen LogP contribution is -1.95. The van der Waals surface area contributed by atoms with Gasteiger partial charge in [-0.2, -0.15) is 0 Å². The molecule has 0 atom stereocenters. The predicted octanol–water partition coefficient (Wildman–Crippen LogP) is 8.29. The van der Waals surface area contributed by atoms with Crippen molar-refractivity contribution >= 4 is 23.5 Å². The quantitative estimate of drug-likeness (QED) is 0.267. The Kier molecular flexibility index (Phi) is 7.56. The van der Waals surface area contributed by atoms with Crippen LogP contribution in [0.15, 0.2) is 110 Å². The molecule has 0 heterocycles. The Morgan fingerprint density at radius 1 is 0.424 bits per heavy atom. The third-order valence-corrected chi connectivity index (χ3v) is 6.03. The maximum Gasteiger partial charge on any atom is 0.0384 e. The van der Waals surface area contributed by atoms with E-state index in [0.29, 0.717) is 0 Å². The molecule has 0 saturated carbocycles. The van der Waals surface area contributed by atoms with Crippen molar-refractivity contribution in [1.82, 2.24) is 0 Å². The monoisotopic (exact) mass is 429 g/mol. The summed E-state index contributed by atoms with van der Waals surface area (Å²) in [6.45, 7) is 7.63. The van der Waals surface area contributed by atoms with Crippen LogP contribution in [-0.4, -0.2) is 0 Å². The average molecular weight is 430 g/mol. The van der Waals surface area contributed by atoms with Crippen LogP contribution >= 0.6 is 0 Å². The smallest absolute Gasteiger partial charge is 0.0384 e. The summed E-state index contributed by atoms with van der Waals surface area (Å²) in [6.07, 6.45) is 7.94. The Bertz CT molecular complexity index is 1070. The zero-order chi connectivity index (χ0) is 22.9. The molecule has 0 fully saturated rings. The van der Waals surface area contributed by atoms with Gasteiger partial charge in [-0.1, -0.05) is 98.1 Å². The van der Waals surface area contributed by atoms with Crippen molar-refractivity contribution in [2.75, 3.05) is 5.32 Å². The molecule has 1 nitrogen and oxygen atoms in total. The van der Waals surface area contributed by atoms with Gasteiger partial charge in [-0.05, 0) is 83.3 Å². The molecule has 33 heavy (non-hydrogen) atoms. The van der Waals surface area contributed by atoms with E-state index in [2.05, 4.69) is 116 Å². The van der Waals surface area contributed by atoms with Crippen molar-refractivity contribution in [3.63, 3.8) is 0 Å². The summed E-state index contributed by atoms with van der Waals surface area (Å²) in [5, 5.41) is 3.51. The number of rotatable bonds is 10. The highest BCUT2D eigenvalue weighted by Gasteiger charge is 2.00. The number of anilines is 2. The Morgan fingerprint density at radius 2 is 0.697 bits per heavy atom. The van der Waals surface area contributed by atoms with E-state index in [9.17, 15) is 0 Å². The van der Waals surface area contributed by atoms with Gasteiger partial charge in [-0.25, -0.2) is 0 Å². The topological polar surface area (TPSA) is 12.0 Å². The summed E-state index contributed by atoms with van der Waals surface area (Å²) in [7, 11) is 0. The van der Waals surface area contributed by atoms with E-state index in [1.807, 2.05) is 12.2 Å². The number of nitrogens with one attached hydrogen (secondary N) is 1. The van der Waals surface area contributed by atoms with E-state index < -0.39 is 0 Å². The minimum absolute atomic E-state index is 1.04. The van der Waals surface area contributed by atoms with E-state index in [0.717, 1.165) is 37.1 Å². The molecule has 0 radical (unpaired) electrons. The van der Waals surface area contributed by atoms with Gasteiger partial charge < -0.3 is 5.32 Å². The summed E-state index contributed by atoms with van der Waals surface area (Å²) in [5.74, 6) is 0. The first kappa shape index (κ1) is 22.4. The lowest BCUT2D eigenvalue weighted by atomic mass is 10.0. The first-order valence-corrected chi connectivity index (χ1v) is 11.6. The van der Waals surface area contributed by atoms with E-state index >= 15 is 0 Å². The van der Waals surface area contributed by atoms with E-state index in [4.69, 9.17) is 0 Å². The molecular formula is C32H31N. The third-order valence-electron chi connectivity index (χ3n) is 6.03. The second kappa shape index (κ2) is 11.2. The Hall–Kier alpha value is -3.84. The van der Waals surface area contributed by atoms with Gasteiger partial charge in [0, 0.05) is 11.4 Å². The maximum absolute atomic E-state index is 3.81. The summed E-state index contributed by atoms with van der Waals surface area (Å²) in [5.41, 5.74) is 9.98. The van der Waals surface area contributed by atoms with Gasteiger partial charge in [0.05, 0.1) is 0 Å². The van der Waals surface area contributed by atoms with Crippen LogP contribution in [-0.2, 0) is 25.7 Å². The molecule has 0 aliphatic heterocycles. The first-order valence-electron chi connectivity index (χ1n) is 11.6. The molecule has 0 aliphatic rings. The molecule has 0 aliphatic carbocycles. The van der Waals surface area contributed by atoms with Gasteiger partial charge in [-0.15, -0.1) is 0 Å². The maximum atomic E-state index is 3.81. The number of aryl methyl sites for hydroxylation is 4. The fourth-order valence-corrected chi connectivity index (χ4v) is 3.89. The average Bonchev–Trinajstić information content (AvgIpc) is 2.88. The Balaban J connectivity index is 1.26. The van der Waals surface area contributed by atoms with Crippen molar-refractivity contribution < 1.29 is 0 Å². The molecule has 4 rings (SSSR count). The lowest BCUT2D eigenvalue weighted by Gasteiger charge is -2.09. The molecule has 4 aromatic rings. The van der Waals surface area contributed by atoms with Gasteiger partial charge in [0.15, 0.2) is 0 Å². The summed E-state index contributed by atoms with van der Waals surface area (Å²) in [6, 6.07) is 34.8. The Morgan fingerprint density at radius 3 is 0.970 bits per heavy atom. The fourth-order valence-electron chi connectivity index (χ4n) is 3.89. The second-order valence-corrected chi connectivity index (χ2v) is 8.41. The normalized spacial score (nSPS) is 10.5. The van der Waals surface area contributed by atoms with Crippen LogP contribution in [0.5, 0.6) is 0 Å². The van der Waals surface area contributed by atoms with E-state index in [1.165, 1.54) is 33.4 Å². The molecular weight excluding hydrogens is 398 g/mol. The molecule has 0 amide bonds. The van der Waals surface area contributed by atoms with Crippen LogP contribution in [0.25, 0.3) is 12.2 Å². The third kappa shape index (κ3) is 6.57. The van der Waals surface area contributed by atoms with Crippen LogP contribution in [0.1, 0.15) is 33.4 Å². The number of hydrogen-bond acceptors (Lipinski definition) is 1. The summed E-state index contributed by atoms with van der Waals surface area (Å²) in [4.78, 5) is 0. The SMILES string of the molecule is C=Cc1ccc(CCc2ccc(Nc3ccc(CCc4ccc(C=C)cc4)cc3)cc2)cc1. The summed E-state index contributed by atoms with van der Waals surface area (Å²) < 4.78 is 0. The van der Waals surface area contributed by atoms with Gasteiger partial charge in [-0.3, -0.25) is 0 Å². The van der Waals surface area contributed by atoms with Gasteiger partial charge in [0.2, 0.25) is 0 Å². The largest absolute Gasteiger partial charge is 0.356 e. The highest BCUT2D eigenvalue weighted by Crippen LogP contribution is 2.19. The minimum Gasteiger partial charge on any atom is -0.356 e. The van der Waals surface area contributed by atoms with Crippen LogP contribution in [0, 0.1) is 0 Å². The first-order chi connectivity index (χ1) is 16.2. The van der Waals surface area contributed by atoms with Crippen LogP contribution in [0.4, 0.5) is 11.4 Å². The Labute approximate surface area is 198 Å². The molecule has 1 heteroatoms. The highest BCUT2D eigenvalue weighted by atomic mass is 14.9. The second-order valence-electron chi connectivity index (χ2n) is 8.41. The van der Waals surface area contributed by atoms with Crippen LogP contribution in [0.3, 0.4) is 0 Å². The summed E-state index contributed by atoms with van der Waals surface area (Å²) >= 11 is 0.